The van der Waals surface area contributed by atoms with E-state index in [0.717, 1.165) is 50.4 Å². The first-order valence-electron chi connectivity index (χ1n) is 24.1. The van der Waals surface area contributed by atoms with Crippen LogP contribution in [0.25, 0.3) is 116 Å². The molecule has 2 aliphatic rings. The molecule has 0 aliphatic heterocycles. The van der Waals surface area contributed by atoms with Gasteiger partial charge in [-0.3, -0.25) is 0 Å². The molecule has 15 rings (SSSR count). The Labute approximate surface area is 405 Å². The molecule has 324 valence electrons. The maximum atomic E-state index is 5.55. The second-order valence-corrected chi connectivity index (χ2v) is 18.8. The summed E-state index contributed by atoms with van der Waals surface area (Å²) in [5.41, 5.74) is 20.3. The van der Waals surface area contributed by atoms with Crippen LogP contribution < -0.4 is 0 Å². The third-order valence-corrected chi connectivity index (χ3v) is 15.2. The minimum Gasteiger partial charge on any atom is -0.309 e. The van der Waals surface area contributed by atoms with Crippen LogP contribution in [0.2, 0.25) is 0 Å². The van der Waals surface area contributed by atoms with Crippen LogP contribution in [0.3, 0.4) is 0 Å². The molecule has 0 unspecified atom stereocenters. The molecule has 2 aliphatic carbocycles. The van der Waals surface area contributed by atoms with Gasteiger partial charge in [-0.15, -0.1) is 0 Å². The summed E-state index contributed by atoms with van der Waals surface area (Å²) in [5.74, 6) is 0.684. The van der Waals surface area contributed by atoms with Gasteiger partial charge in [0, 0.05) is 33.2 Å². The molecule has 3 nitrogen and oxygen atoms in total. The molecule has 0 saturated carbocycles. The molecule has 0 N–H and O–H groups in total. The largest absolute Gasteiger partial charge is 0.309 e. The van der Waals surface area contributed by atoms with Crippen molar-refractivity contribution in [1.29, 1.82) is 0 Å². The van der Waals surface area contributed by atoms with Gasteiger partial charge in [-0.25, -0.2) is 9.97 Å². The van der Waals surface area contributed by atoms with E-state index in [-0.39, 0.29) is 0 Å². The Bertz CT molecular complexity index is 4210. The fraction of sp³-hybridized carbons (Fsp3) is 0.0149. The van der Waals surface area contributed by atoms with Crippen LogP contribution in [0.4, 0.5) is 0 Å². The highest BCUT2D eigenvalue weighted by Crippen LogP contribution is 2.64. The van der Waals surface area contributed by atoms with Crippen LogP contribution in [-0.2, 0) is 5.41 Å². The summed E-state index contributed by atoms with van der Waals surface area (Å²) in [6.07, 6.45) is 0. The van der Waals surface area contributed by atoms with Crippen molar-refractivity contribution in [3.63, 3.8) is 0 Å². The van der Waals surface area contributed by atoms with E-state index in [1.54, 1.807) is 0 Å². The maximum absolute atomic E-state index is 5.55. The molecule has 70 heavy (non-hydrogen) atoms. The molecule has 0 atom stereocenters. The highest BCUT2D eigenvalue weighted by Gasteiger charge is 2.52. The van der Waals surface area contributed by atoms with Crippen molar-refractivity contribution >= 4 is 43.4 Å². The Balaban J connectivity index is 1.02. The van der Waals surface area contributed by atoms with Crippen molar-refractivity contribution in [2.45, 2.75) is 5.41 Å². The normalized spacial score (nSPS) is 13.0. The molecular formula is C67H41N3. The number of rotatable bonds is 5. The van der Waals surface area contributed by atoms with Gasteiger partial charge in [0.05, 0.1) is 27.8 Å². The minimum atomic E-state index is -0.471. The zero-order valence-electron chi connectivity index (χ0n) is 38.0. The number of nitrogens with zero attached hydrogens (tertiary/aromatic N) is 3. The van der Waals surface area contributed by atoms with Crippen LogP contribution in [0.15, 0.2) is 249 Å². The highest BCUT2D eigenvalue weighted by atomic mass is 15.0. The van der Waals surface area contributed by atoms with Crippen LogP contribution in [0, 0.1) is 0 Å². The summed E-state index contributed by atoms with van der Waals surface area (Å²) in [6, 6.07) is 91.1. The van der Waals surface area contributed by atoms with E-state index in [9.17, 15) is 0 Å². The lowest BCUT2D eigenvalue weighted by molar-refractivity contribution is 0.794. The van der Waals surface area contributed by atoms with Crippen LogP contribution in [0.5, 0.6) is 0 Å². The smallest absolute Gasteiger partial charge is 0.160 e. The fourth-order valence-corrected chi connectivity index (χ4v) is 12.3. The first-order chi connectivity index (χ1) is 34.7. The van der Waals surface area contributed by atoms with Crippen molar-refractivity contribution in [3.05, 3.63) is 271 Å². The van der Waals surface area contributed by atoms with Gasteiger partial charge in [0.1, 0.15) is 0 Å². The Kier molecular flexibility index (Phi) is 8.28. The molecule has 2 aromatic heterocycles. The summed E-state index contributed by atoms with van der Waals surface area (Å²) >= 11 is 0. The molecule has 13 aromatic rings. The van der Waals surface area contributed by atoms with Crippen molar-refractivity contribution in [2.75, 3.05) is 0 Å². The monoisotopic (exact) mass is 887 g/mol. The zero-order chi connectivity index (χ0) is 45.9. The molecule has 0 bridgehead atoms. The topological polar surface area (TPSA) is 30.7 Å². The molecule has 2 heterocycles. The van der Waals surface area contributed by atoms with Crippen molar-refractivity contribution in [1.82, 2.24) is 14.5 Å². The number of fused-ring (bicyclic) bond motifs is 16. The number of para-hydroxylation sites is 2. The number of hydrogen-bond donors (Lipinski definition) is 0. The minimum absolute atomic E-state index is 0.471. The van der Waals surface area contributed by atoms with Gasteiger partial charge < -0.3 is 4.57 Å². The maximum Gasteiger partial charge on any atom is 0.160 e. The van der Waals surface area contributed by atoms with E-state index in [2.05, 4.69) is 253 Å². The van der Waals surface area contributed by atoms with Gasteiger partial charge in [0.15, 0.2) is 5.82 Å². The number of hydrogen-bond acceptors (Lipinski definition) is 2. The lowest BCUT2D eigenvalue weighted by Crippen LogP contribution is -2.25. The lowest BCUT2D eigenvalue weighted by Gasteiger charge is -2.30. The van der Waals surface area contributed by atoms with Crippen LogP contribution in [-0.4, -0.2) is 14.5 Å². The molecule has 1 spiro atoms. The van der Waals surface area contributed by atoms with Crippen LogP contribution >= 0.6 is 0 Å². The zero-order valence-corrected chi connectivity index (χ0v) is 38.0. The van der Waals surface area contributed by atoms with Crippen molar-refractivity contribution < 1.29 is 0 Å². The predicted molar refractivity (Wildman–Crippen MR) is 289 cm³/mol. The van der Waals surface area contributed by atoms with Gasteiger partial charge in [-0.1, -0.05) is 206 Å². The third-order valence-electron chi connectivity index (χ3n) is 15.2. The van der Waals surface area contributed by atoms with Crippen molar-refractivity contribution in [2.24, 2.45) is 0 Å². The molecule has 11 aromatic carbocycles. The Morgan fingerprint density at radius 1 is 0.300 bits per heavy atom. The molecule has 0 radical (unpaired) electrons. The predicted octanol–water partition coefficient (Wildman–Crippen LogP) is 16.9. The van der Waals surface area contributed by atoms with E-state index in [1.807, 2.05) is 0 Å². The standard InChI is InChI=1S/C67H41N3/c1-2-19-42(20-3-1)66-68-61(41-62(69-66)55-30-18-34-60-65(55)54-29-10-15-33-59(54)67(60)57-31-13-8-25-50(57)51-26-9-14-32-58(51)67)45-37-44(56-40-43-21-4-5-22-47(43)48-23-6-7-24-49(48)56)38-46(39-45)70-63-35-16-11-27-52(63)53-28-12-17-36-64(53)70/h1-41H. The summed E-state index contributed by atoms with van der Waals surface area (Å²) in [6.45, 7) is 0. The van der Waals surface area contributed by atoms with Gasteiger partial charge in [-0.05, 0) is 120 Å². The van der Waals surface area contributed by atoms with E-state index in [1.165, 1.54) is 82.4 Å². The Hall–Kier alpha value is -9.18. The highest BCUT2D eigenvalue weighted by molar-refractivity contribution is 6.14. The first-order valence-corrected chi connectivity index (χ1v) is 24.1. The van der Waals surface area contributed by atoms with Gasteiger partial charge in [0.2, 0.25) is 0 Å². The second-order valence-electron chi connectivity index (χ2n) is 18.8. The third kappa shape index (κ3) is 5.46. The average molecular weight is 888 g/mol. The molecule has 0 fully saturated rings. The molecular weight excluding hydrogens is 847 g/mol. The number of aromatic nitrogens is 3. The SMILES string of the molecule is c1ccc(-c2nc(-c3cc(-c4cc5ccccc5c5ccccc45)cc(-n4c5ccccc5c5ccccc54)c3)cc(-c3cccc4c3-c3ccccc3C43c4ccccc4-c4ccccc43)n2)cc1. The molecule has 0 amide bonds. The van der Waals surface area contributed by atoms with Crippen LogP contribution in [0.1, 0.15) is 22.3 Å². The van der Waals surface area contributed by atoms with Gasteiger partial charge >= 0.3 is 0 Å². The quantitative estimate of drug-likeness (QED) is 0.161. The Morgan fingerprint density at radius 3 is 1.53 bits per heavy atom. The Morgan fingerprint density at radius 2 is 0.814 bits per heavy atom. The van der Waals surface area contributed by atoms with E-state index < -0.39 is 5.41 Å². The summed E-state index contributed by atoms with van der Waals surface area (Å²) in [4.78, 5) is 11.1. The van der Waals surface area contributed by atoms with E-state index in [4.69, 9.17) is 9.97 Å². The summed E-state index contributed by atoms with van der Waals surface area (Å²) in [7, 11) is 0. The summed E-state index contributed by atoms with van der Waals surface area (Å²) < 4.78 is 2.43. The van der Waals surface area contributed by atoms with E-state index in [0.29, 0.717) is 5.82 Å². The molecule has 3 heteroatoms. The van der Waals surface area contributed by atoms with Gasteiger partial charge in [0.25, 0.3) is 0 Å². The average Bonchev–Trinajstić information content (AvgIpc) is 4.05. The lowest BCUT2D eigenvalue weighted by atomic mass is 9.70. The fourth-order valence-electron chi connectivity index (χ4n) is 12.3. The first kappa shape index (κ1) is 38.9. The number of benzene rings is 11. The van der Waals surface area contributed by atoms with Gasteiger partial charge in [-0.2, -0.15) is 0 Å². The molecule has 0 saturated heterocycles. The second kappa shape index (κ2) is 14.9. The summed E-state index contributed by atoms with van der Waals surface area (Å²) in [5, 5.41) is 7.35. The van der Waals surface area contributed by atoms with E-state index >= 15 is 0 Å². The van der Waals surface area contributed by atoms with Crippen molar-refractivity contribution in [3.8, 4) is 73.0 Å².